The van der Waals surface area contributed by atoms with E-state index in [4.69, 9.17) is 5.73 Å². The van der Waals surface area contributed by atoms with Crippen molar-refractivity contribution in [3.8, 4) is 0 Å². The van der Waals surface area contributed by atoms with E-state index in [0.29, 0.717) is 53.7 Å². The predicted molar refractivity (Wildman–Crippen MR) is 383 cm³/mol. The van der Waals surface area contributed by atoms with Gasteiger partial charge in [0.2, 0.25) is 59.1 Å². The number of nitrogens with one attached hydrogen (secondary N) is 11. The van der Waals surface area contributed by atoms with Gasteiger partial charge < -0.3 is 84.0 Å². The monoisotopic (exact) mass is 1480 g/mol. The molecule has 4 aromatic rings. The molecule has 0 unspecified atom stereocenters. The molecule has 0 radical (unpaired) electrons. The number of aromatic amines is 2. The molecule has 4 heterocycles. The number of hydrogen-bond donors (Lipinski definition) is 16. The van der Waals surface area contributed by atoms with Gasteiger partial charge in [0.1, 0.15) is 42.3 Å². The van der Waals surface area contributed by atoms with Crippen LogP contribution in [0.4, 0.5) is 0 Å². The lowest BCUT2D eigenvalue weighted by atomic mass is 10.0. The Balaban J connectivity index is 1.09. The van der Waals surface area contributed by atoms with E-state index in [1.54, 1.807) is 103 Å². The number of imidazole rings is 1. The summed E-state index contributed by atoms with van der Waals surface area (Å²) in [4.78, 5) is 204. The predicted octanol–water partition coefficient (Wildman–Crippen LogP) is -3.44. The lowest BCUT2D eigenvalue weighted by Gasteiger charge is -2.34. The van der Waals surface area contributed by atoms with Crippen molar-refractivity contribution >= 4 is 93.9 Å². The summed E-state index contributed by atoms with van der Waals surface area (Å²) in [5.74, 6) is -12.8. The van der Waals surface area contributed by atoms with Crippen molar-refractivity contribution in [2.75, 3.05) is 105 Å². The molecule has 2 aliphatic heterocycles. The minimum atomic E-state index is -1.54. The van der Waals surface area contributed by atoms with Crippen LogP contribution < -0.4 is 53.6 Å². The zero-order valence-corrected chi connectivity index (χ0v) is 60.4. The minimum Gasteiger partial charge on any atom is -0.480 e. The van der Waals surface area contributed by atoms with E-state index in [0.717, 1.165) is 0 Å². The summed E-state index contributed by atoms with van der Waals surface area (Å²) in [6, 6.07) is 5.98. The Bertz CT molecular complexity index is 3610. The zero-order valence-electron chi connectivity index (χ0n) is 60.4. The Hall–Kier alpha value is -10.4. The summed E-state index contributed by atoms with van der Waals surface area (Å²) in [7, 11) is 0. The number of amides is 10. The highest BCUT2D eigenvalue weighted by atomic mass is 16.4. The van der Waals surface area contributed by atoms with Crippen molar-refractivity contribution in [2.24, 2.45) is 17.6 Å². The van der Waals surface area contributed by atoms with Crippen LogP contribution in [0.3, 0.4) is 0 Å². The first kappa shape index (κ1) is 84.5. The van der Waals surface area contributed by atoms with Crippen LogP contribution in [0.1, 0.15) is 83.5 Å². The number of likely N-dealkylation sites (tertiary alicyclic amines) is 1. The van der Waals surface area contributed by atoms with Gasteiger partial charge in [0.25, 0.3) is 0 Å². The number of primary amides is 1. The number of para-hydroxylation sites is 1. The molecule has 36 nitrogen and oxygen atoms in total. The average Bonchev–Trinajstić information content (AvgIpc) is 1.66. The Morgan fingerprint density at radius 1 is 0.509 bits per heavy atom. The second-order valence-corrected chi connectivity index (χ2v) is 27.5. The molecular weight excluding hydrogens is 1380 g/mol. The van der Waals surface area contributed by atoms with Crippen LogP contribution in [0, 0.1) is 11.8 Å². The Kier molecular flexibility index (Phi) is 33.9. The van der Waals surface area contributed by atoms with Gasteiger partial charge in [-0.2, -0.15) is 0 Å². The quantitative estimate of drug-likeness (QED) is 0.0207. The van der Waals surface area contributed by atoms with Gasteiger partial charge in [-0.05, 0) is 61.6 Å². The molecule has 2 saturated heterocycles. The summed E-state index contributed by atoms with van der Waals surface area (Å²) in [6.45, 7) is 8.78. The number of carboxylic acid groups (broad SMARTS) is 4. The Labute approximate surface area is 613 Å². The first-order valence-electron chi connectivity index (χ1n) is 35.4. The van der Waals surface area contributed by atoms with Gasteiger partial charge in [0.15, 0.2) is 0 Å². The summed E-state index contributed by atoms with van der Waals surface area (Å²) in [5.41, 5.74) is 7.92. The molecule has 2 fully saturated rings. The van der Waals surface area contributed by atoms with Crippen LogP contribution >= 0.6 is 0 Å². The maximum absolute atomic E-state index is 14.7. The molecule has 10 amide bonds. The third kappa shape index (κ3) is 29.6. The standard InChI is InChI=1S/C70H102N18O18/c1-42(2)29-55(70(105)106)82-68(103)54(32-48-34-72-41-75-48)78-57(90)35-74-69(104)63(43(3)4)83-64(99)44(5)76-66(101)53(31-46-33-73-50-14-10-9-13-49(46)50)81-65(100)51(15-16-56(71)89)80-67(102)52(30-45-11-7-6-8-12-45)79-59(92)37-84-19-17-47(18-20-84)77-58(91)36-85-21-23-86(38-60(93)94)25-27-88(40-62(97)98)28-26-87(24-22-85)39-61(95)96/h6-14,33-34,41-44,47,51-55,63,73H,15-32,35-40H2,1-5H3,(H2,71,89)(H,72,75)(H,74,104)(H,76,101)(H,77,91)(H,78,90)(H,79,92)(H,80,102)(H,81,100)(H,82,103)(H,83,99)(H,93,94)(H,95,96)(H,97,98)(H,105,106)/t44-,51-,52-,53-,54-,55-,63-/m0/s1. The zero-order chi connectivity index (χ0) is 77.6. The SMILES string of the molecule is CC(C)C[C@H](NC(=O)[C@H](Cc1cnc[nH]1)NC(=O)CNC(=O)[C@@H](NC(=O)[C@H](C)NC(=O)[C@H](Cc1c[nH]c2ccccc12)NC(=O)[C@H](CCC(N)=O)NC(=O)[C@H](Cc1ccccc1)NC(=O)CN1CCC(NC(=O)CN2CCN(CC(=O)O)CCN(CC(=O)O)CCN(CC(=O)O)CC2)CC1)C(C)C)C(=O)O. The fourth-order valence-corrected chi connectivity index (χ4v) is 12.3. The summed E-state index contributed by atoms with van der Waals surface area (Å²) >= 11 is 0. The lowest BCUT2D eigenvalue weighted by molar-refractivity contribution is -0.143. The van der Waals surface area contributed by atoms with Gasteiger partial charge in [-0.15, -0.1) is 0 Å². The van der Waals surface area contributed by atoms with Crippen molar-refractivity contribution in [1.82, 2.24) is 87.3 Å². The summed E-state index contributed by atoms with van der Waals surface area (Å²) < 4.78 is 0. The summed E-state index contributed by atoms with van der Waals surface area (Å²) in [5, 5.41) is 63.2. The highest BCUT2D eigenvalue weighted by Gasteiger charge is 2.35. The fraction of sp³-hybridized carbons (Fsp3) is 0.557. The van der Waals surface area contributed by atoms with E-state index in [1.807, 2.05) is 9.80 Å². The van der Waals surface area contributed by atoms with Crippen LogP contribution in [0.5, 0.6) is 0 Å². The topological polar surface area (TPSA) is 515 Å². The molecule has 0 spiro atoms. The molecule has 0 bridgehead atoms. The van der Waals surface area contributed by atoms with Crippen LogP contribution in [0.2, 0.25) is 0 Å². The molecule has 0 saturated carbocycles. The van der Waals surface area contributed by atoms with E-state index in [9.17, 15) is 87.5 Å². The number of nitrogens with two attached hydrogens (primary N) is 1. The number of nitrogens with zero attached hydrogens (tertiary/aromatic N) is 6. The van der Waals surface area contributed by atoms with Gasteiger partial charge in [-0.25, -0.2) is 9.78 Å². The van der Waals surface area contributed by atoms with E-state index in [2.05, 4.69) is 62.8 Å². The molecule has 17 N–H and O–H groups in total. The number of piperidine rings is 1. The average molecular weight is 1480 g/mol. The smallest absolute Gasteiger partial charge is 0.326 e. The van der Waals surface area contributed by atoms with Crippen molar-refractivity contribution in [3.05, 3.63) is 90.1 Å². The number of aliphatic carboxylic acids is 4. The Morgan fingerprint density at radius 2 is 1.00 bits per heavy atom. The number of aromatic nitrogens is 3. The van der Waals surface area contributed by atoms with Gasteiger partial charge >= 0.3 is 23.9 Å². The number of carboxylic acids is 4. The number of fused-ring (bicyclic) bond motifs is 1. The minimum absolute atomic E-state index is 0.0566. The van der Waals surface area contributed by atoms with Gasteiger partial charge in [0.05, 0.1) is 45.6 Å². The molecule has 36 heteroatoms. The molecule has 106 heavy (non-hydrogen) atoms. The maximum atomic E-state index is 14.7. The molecule has 7 atom stereocenters. The van der Waals surface area contributed by atoms with E-state index in [1.165, 1.54) is 19.4 Å². The highest BCUT2D eigenvalue weighted by Crippen LogP contribution is 2.20. The van der Waals surface area contributed by atoms with Crippen LogP contribution in [0.15, 0.2) is 73.3 Å². The molecule has 2 aromatic heterocycles. The molecule has 0 aliphatic carbocycles. The Morgan fingerprint density at radius 3 is 1.54 bits per heavy atom. The number of rotatable bonds is 39. The molecule has 2 aromatic carbocycles. The molecular formula is C70H102N18O18. The highest BCUT2D eigenvalue weighted by molar-refractivity contribution is 5.98. The number of carbonyl (C=O) groups excluding carboxylic acids is 10. The van der Waals surface area contributed by atoms with Gasteiger partial charge in [-0.3, -0.25) is 86.8 Å². The lowest BCUT2D eigenvalue weighted by Crippen LogP contribution is -2.60. The largest absolute Gasteiger partial charge is 0.480 e. The number of H-pyrrole nitrogens is 2. The van der Waals surface area contributed by atoms with Crippen molar-refractivity contribution in [2.45, 2.75) is 134 Å². The second kappa shape index (κ2) is 42.5. The van der Waals surface area contributed by atoms with E-state index < -0.39 is 138 Å². The first-order valence-corrected chi connectivity index (χ1v) is 35.4. The van der Waals surface area contributed by atoms with Gasteiger partial charge in [-0.1, -0.05) is 76.2 Å². The van der Waals surface area contributed by atoms with Crippen molar-refractivity contribution < 1.29 is 87.5 Å². The number of carbonyl (C=O) groups is 14. The maximum Gasteiger partial charge on any atom is 0.326 e. The van der Waals surface area contributed by atoms with Crippen LogP contribution in [0.25, 0.3) is 10.9 Å². The molecule has 580 valence electrons. The number of hydrogen-bond acceptors (Lipinski definition) is 20. The number of benzene rings is 2. The molecule has 6 rings (SSSR count). The fourth-order valence-electron chi connectivity index (χ4n) is 12.3. The third-order valence-corrected chi connectivity index (χ3v) is 18.0. The second-order valence-electron chi connectivity index (χ2n) is 27.5. The van der Waals surface area contributed by atoms with Gasteiger partial charge in [0, 0.05) is 126 Å². The van der Waals surface area contributed by atoms with Crippen LogP contribution in [-0.4, -0.2) is 296 Å². The normalized spacial score (nSPS) is 16.7. The van der Waals surface area contributed by atoms with E-state index >= 15 is 0 Å². The summed E-state index contributed by atoms with van der Waals surface area (Å²) in [6.07, 6.45) is 4.27. The third-order valence-electron chi connectivity index (χ3n) is 18.0. The van der Waals surface area contributed by atoms with Crippen LogP contribution in [-0.2, 0) is 86.4 Å². The first-order chi connectivity index (χ1) is 50.4. The van der Waals surface area contributed by atoms with E-state index in [-0.39, 0.29) is 135 Å². The van der Waals surface area contributed by atoms with Crippen molar-refractivity contribution in [3.63, 3.8) is 0 Å². The van der Waals surface area contributed by atoms with Crippen molar-refractivity contribution in [1.29, 1.82) is 0 Å². The molecule has 2 aliphatic rings.